The van der Waals surface area contributed by atoms with Crippen molar-refractivity contribution in [2.75, 3.05) is 26.4 Å². The van der Waals surface area contributed by atoms with Crippen molar-refractivity contribution in [3.63, 3.8) is 0 Å². The number of alkyl halides is 3. The maximum Gasteiger partial charge on any atom is 0.409 e. The van der Waals surface area contributed by atoms with Gasteiger partial charge in [0.1, 0.15) is 19.3 Å². The number of nitrogens with one attached hydrogen (secondary N) is 2. The predicted octanol–water partition coefficient (Wildman–Crippen LogP) is 3.06. The summed E-state index contributed by atoms with van der Waals surface area (Å²) in [7, 11) is 0. The van der Waals surface area contributed by atoms with Gasteiger partial charge < -0.3 is 25.2 Å². The number of benzene rings is 2. The fourth-order valence-electron chi connectivity index (χ4n) is 3.71. The van der Waals surface area contributed by atoms with Gasteiger partial charge in [-0.25, -0.2) is 9.59 Å². The third-order valence-corrected chi connectivity index (χ3v) is 5.21. The molecule has 1 aliphatic rings. The molecule has 1 atom stereocenters. The molecule has 0 radical (unpaired) electrons. The van der Waals surface area contributed by atoms with Crippen LogP contribution >= 0.6 is 0 Å². The van der Waals surface area contributed by atoms with Gasteiger partial charge in [-0.2, -0.15) is 13.2 Å². The van der Waals surface area contributed by atoms with Gasteiger partial charge in [-0.15, -0.1) is 0 Å². The van der Waals surface area contributed by atoms with E-state index in [1.807, 2.05) is 48.5 Å². The Morgan fingerprint density at radius 2 is 1.59 bits per heavy atom. The van der Waals surface area contributed by atoms with E-state index >= 15 is 0 Å². The zero-order chi connectivity index (χ0) is 24.7. The molecule has 0 saturated carbocycles. The lowest BCUT2D eigenvalue weighted by Gasteiger charge is -2.22. The molecular formula is C23H23F3N2O6. The van der Waals surface area contributed by atoms with E-state index in [0.29, 0.717) is 0 Å². The highest BCUT2D eigenvalue weighted by molar-refractivity contribution is 5.79. The van der Waals surface area contributed by atoms with E-state index in [1.54, 1.807) is 5.32 Å². The first kappa shape index (κ1) is 25.0. The van der Waals surface area contributed by atoms with Crippen molar-refractivity contribution in [2.45, 2.75) is 24.6 Å². The average molecular weight is 480 g/mol. The van der Waals surface area contributed by atoms with Crippen LogP contribution in [0.5, 0.6) is 0 Å². The van der Waals surface area contributed by atoms with E-state index in [1.165, 1.54) is 0 Å². The van der Waals surface area contributed by atoms with Gasteiger partial charge in [-0.3, -0.25) is 4.79 Å². The second kappa shape index (κ2) is 11.0. The van der Waals surface area contributed by atoms with E-state index in [4.69, 9.17) is 9.84 Å². The summed E-state index contributed by atoms with van der Waals surface area (Å²) < 4.78 is 49.9. The van der Waals surface area contributed by atoms with E-state index < -0.39 is 43.2 Å². The number of fused-ring (bicyclic) bond motifs is 3. The van der Waals surface area contributed by atoms with Gasteiger partial charge in [0.2, 0.25) is 5.91 Å². The lowest BCUT2D eigenvalue weighted by molar-refractivity contribution is -0.160. The molecule has 0 aromatic heterocycles. The van der Waals surface area contributed by atoms with Gasteiger partial charge in [0.25, 0.3) is 0 Å². The molecule has 2 aromatic rings. The minimum Gasteiger partial charge on any atom is -0.480 e. The van der Waals surface area contributed by atoms with Crippen LogP contribution in [-0.2, 0) is 19.1 Å². The monoisotopic (exact) mass is 480 g/mol. The molecule has 3 rings (SSSR count). The number of carboxylic acid groups (broad SMARTS) is 1. The van der Waals surface area contributed by atoms with Crippen LogP contribution in [0.1, 0.15) is 23.5 Å². The van der Waals surface area contributed by atoms with Crippen molar-refractivity contribution in [2.24, 2.45) is 0 Å². The lowest BCUT2D eigenvalue weighted by Crippen LogP contribution is -2.48. The van der Waals surface area contributed by atoms with Crippen LogP contribution in [0.15, 0.2) is 48.5 Å². The van der Waals surface area contributed by atoms with Gasteiger partial charge in [0.05, 0.1) is 13.0 Å². The molecule has 0 aliphatic heterocycles. The maximum absolute atomic E-state index is 13.4. The van der Waals surface area contributed by atoms with Crippen LogP contribution in [-0.4, -0.2) is 61.7 Å². The fraction of sp³-hybridized carbons (Fsp3) is 0.348. The Balaban J connectivity index is 1.54. The second-order valence-electron chi connectivity index (χ2n) is 7.56. The number of carbonyl (C=O) groups is 3. The SMILES string of the molecule is O=C(O)COCCNC(=O)CC(NC(=O)OCC1c2ccccc2-c2ccccc21)C(F)(F)F. The molecule has 11 heteroatoms. The molecule has 0 fully saturated rings. The highest BCUT2D eigenvalue weighted by Gasteiger charge is 2.42. The third kappa shape index (κ3) is 6.47. The summed E-state index contributed by atoms with van der Waals surface area (Å²) in [6.07, 6.45) is -7.24. The largest absolute Gasteiger partial charge is 0.480 e. The molecule has 0 spiro atoms. The maximum atomic E-state index is 13.4. The first-order chi connectivity index (χ1) is 16.2. The molecule has 3 N–H and O–H groups in total. The van der Waals surface area contributed by atoms with E-state index in [9.17, 15) is 27.6 Å². The molecule has 8 nitrogen and oxygen atoms in total. The highest BCUT2D eigenvalue weighted by atomic mass is 19.4. The number of alkyl carbamates (subject to hydrolysis) is 1. The van der Waals surface area contributed by atoms with Crippen molar-refractivity contribution < 1.29 is 42.1 Å². The zero-order valence-electron chi connectivity index (χ0n) is 17.9. The van der Waals surface area contributed by atoms with Crippen LogP contribution in [0, 0.1) is 0 Å². The number of hydrogen-bond donors (Lipinski definition) is 3. The molecule has 182 valence electrons. The Morgan fingerprint density at radius 3 is 2.15 bits per heavy atom. The second-order valence-corrected chi connectivity index (χ2v) is 7.56. The molecule has 0 saturated heterocycles. The molecule has 34 heavy (non-hydrogen) atoms. The molecule has 1 aliphatic carbocycles. The highest BCUT2D eigenvalue weighted by Crippen LogP contribution is 2.44. The summed E-state index contributed by atoms with van der Waals surface area (Å²) in [5.41, 5.74) is 3.77. The van der Waals surface area contributed by atoms with Crippen molar-refractivity contribution >= 4 is 18.0 Å². The van der Waals surface area contributed by atoms with Crippen molar-refractivity contribution in [3.8, 4) is 11.1 Å². The summed E-state index contributed by atoms with van der Waals surface area (Å²) >= 11 is 0. The number of carbonyl (C=O) groups excluding carboxylic acids is 2. The molecular weight excluding hydrogens is 457 g/mol. The first-order valence-electron chi connectivity index (χ1n) is 10.4. The first-order valence-corrected chi connectivity index (χ1v) is 10.4. The normalized spacial score (nSPS) is 13.5. The number of carboxylic acids is 1. The van der Waals surface area contributed by atoms with Gasteiger partial charge in [-0.05, 0) is 22.3 Å². The molecule has 2 amide bonds. The minimum absolute atomic E-state index is 0.169. The fourth-order valence-corrected chi connectivity index (χ4v) is 3.71. The van der Waals surface area contributed by atoms with Gasteiger partial charge in [0, 0.05) is 12.5 Å². The quantitative estimate of drug-likeness (QED) is 0.451. The number of hydrogen-bond acceptors (Lipinski definition) is 5. The topological polar surface area (TPSA) is 114 Å². The molecule has 0 bridgehead atoms. The van der Waals surface area contributed by atoms with Crippen molar-refractivity contribution in [1.29, 1.82) is 0 Å². The number of ether oxygens (including phenoxy) is 2. The van der Waals surface area contributed by atoms with Crippen LogP contribution < -0.4 is 10.6 Å². The van der Waals surface area contributed by atoms with Crippen molar-refractivity contribution in [3.05, 3.63) is 59.7 Å². The molecule has 1 unspecified atom stereocenters. The van der Waals surface area contributed by atoms with Crippen LogP contribution in [0.2, 0.25) is 0 Å². The standard InChI is InChI=1S/C23H23F3N2O6/c24-23(25,26)19(11-20(29)27-9-10-33-13-21(30)31)28-22(32)34-12-18-16-7-3-1-5-14(16)15-6-2-4-8-17(15)18/h1-8,18-19H,9-13H2,(H,27,29)(H,28,32)(H,30,31). The Morgan fingerprint density at radius 1 is 1.00 bits per heavy atom. The molecule has 2 aromatic carbocycles. The van der Waals surface area contributed by atoms with E-state index in [0.717, 1.165) is 22.3 Å². The van der Waals surface area contributed by atoms with E-state index in [-0.39, 0.29) is 25.7 Å². The van der Waals surface area contributed by atoms with Crippen molar-refractivity contribution in [1.82, 2.24) is 10.6 Å². The average Bonchev–Trinajstić information content (AvgIpc) is 3.10. The number of aliphatic carboxylic acids is 1. The third-order valence-electron chi connectivity index (χ3n) is 5.21. The lowest BCUT2D eigenvalue weighted by atomic mass is 9.98. The number of amides is 2. The number of rotatable bonds is 10. The number of halogens is 3. The summed E-state index contributed by atoms with van der Waals surface area (Å²) in [4.78, 5) is 34.4. The summed E-state index contributed by atoms with van der Waals surface area (Å²) in [6.45, 7) is -1.13. The van der Waals surface area contributed by atoms with Crippen LogP contribution in [0.3, 0.4) is 0 Å². The van der Waals surface area contributed by atoms with Gasteiger partial charge in [0.15, 0.2) is 0 Å². The summed E-state index contributed by atoms with van der Waals surface area (Å²) in [5, 5.41) is 12.3. The Labute approximate surface area is 193 Å². The Kier molecular flexibility index (Phi) is 8.11. The van der Waals surface area contributed by atoms with Crippen LogP contribution in [0.25, 0.3) is 11.1 Å². The zero-order valence-corrected chi connectivity index (χ0v) is 17.9. The summed E-state index contributed by atoms with van der Waals surface area (Å²) in [5.74, 6) is -2.52. The summed E-state index contributed by atoms with van der Waals surface area (Å²) in [6, 6.07) is 12.6. The Bertz CT molecular complexity index is 998. The predicted molar refractivity (Wildman–Crippen MR) is 114 cm³/mol. The van der Waals surface area contributed by atoms with E-state index in [2.05, 4.69) is 10.1 Å². The van der Waals surface area contributed by atoms with Crippen LogP contribution in [0.4, 0.5) is 18.0 Å². The van der Waals surface area contributed by atoms with Gasteiger partial charge >= 0.3 is 18.2 Å². The molecule has 0 heterocycles. The smallest absolute Gasteiger partial charge is 0.409 e. The van der Waals surface area contributed by atoms with Gasteiger partial charge in [-0.1, -0.05) is 48.5 Å². The Hall–Kier alpha value is -3.60. The minimum atomic E-state index is -4.89.